The maximum Gasteiger partial charge on any atom is 0.0886 e. The molecule has 0 N–H and O–H groups in total. The Morgan fingerprint density at radius 2 is 2.36 bits per heavy atom. The molecule has 0 bridgehead atoms. The van der Waals surface area contributed by atoms with Crippen molar-refractivity contribution < 1.29 is 0 Å². The second kappa shape index (κ2) is 5.91. The molecule has 0 fully saturated rings. The van der Waals surface area contributed by atoms with Gasteiger partial charge in [0.2, 0.25) is 0 Å². The van der Waals surface area contributed by atoms with Gasteiger partial charge in [-0.3, -0.25) is 9.98 Å². The molecule has 0 aliphatic rings. The minimum absolute atomic E-state index is 0.903. The molecule has 14 heavy (non-hydrogen) atoms. The Labute approximate surface area is 84.8 Å². The van der Waals surface area contributed by atoms with Crippen molar-refractivity contribution in [2.24, 2.45) is 4.99 Å². The predicted octanol–water partition coefficient (Wildman–Crippen LogP) is 2.03. The van der Waals surface area contributed by atoms with Gasteiger partial charge in [-0.15, -0.1) is 0 Å². The van der Waals surface area contributed by atoms with E-state index >= 15 is 0 Å². The number of hydrogen-bond donors (Lipinski definition) is 0. The fourth-order valence-corrected chi connectivity index (χ4v) is 1.02. The minimum Gasteiger partial charge on any atom is -0.340 e. The van der Waals surface area contributed by atoms with E-state index in [9.17, 15) is 0 Å². The van der Waals surface area contributed by atoms with Crippen LogP contribution in [0.1, 0.15) is 12.6 Å². The lowest BCUT2D eigenvalue weighted by Gasteiger charge is -2.09. The quantitative estimate of drug-likeness (QED) is 0.535. The number of pyridine rings is 1. The first-order valence-corrected chi connectivity index (χ1v) is 4.64. The smallest absolute Gasteiger partial charge is 0.0886 e. The van der Waals surface area contributed by atoms with Crippen molar-refractivity contribution in [2.75, 3.05) is 13.6 Å². The van der Waals surface area contributed by atoms with Crippen LogP contribution < -0.4 is 0 Å². The summed E-state index contributed by atoms with van der Waals surface area (Å²) in [7, 11) is 1.76. The van der Waals surface area contributed by atoms with E-state index in [-0.39, 0.29) is 0 Å². The first kappa shape index (κ1) is 10.4. The molecule has 0 spiro atoms. The summed E-state index contributed by atoms with van der Waals surface area (Å²) in [5.41, 5.74) is 0.954. The molecule has 0 aliphatic heterocycles. The Kier molecular flexibility index (Phi) is 4.41. The van der Waals surface area contributed by atoms with E-state index < -0.39 is 0 Å². The van der Waals surface area contributed by atoms with E-state index in [0.29, 0.717) is 0 Å². The lowest BCUT2D eigenvalue weighted by Crippen LogP contribution is -2.13. The summed E-state index contributed by atoms with van der Waals surface area (Å²) >= 11 is 0. The molecular weight excluding hydrogens is 174 g/mol. The van der Waals surface area contributed by atoms with Gasteiger partial charge in [-0.05, 0) is 25.1 Å². The Bertz CT molecular complexity index is 304. The topological polar surface area (TPSA) is 28.5 Å². The minimum atomic E-state index is 0.903. The molecule has 1 heterocycles. The van der Waals surface area contributed by atoms with Gasteiger partial charge < -0.3 is 4.90 Å². The molecule has 0 saturated heterocycles. The third kappa shape index (κ3) is 3.39. The van der Waals surface area contributed by atoms with Gasteiger partial charge in [0.15, 0.2) is 0 Å². The van der Waals surface area contributed by atoms with E-state index in [1.807, 2.05) is 35.4 Å². The van der Waals surface area contributed by atoms with E-state index in [0.717, 1.165) is 12.2 Å². The number of aromatic nitrogens is 1. The molecule has 0 saturated carbocycles. The summed E-state index contributed by atoms with van der Waals surface area (Å²) in [5, 5.41) is 0. The van der Waals surface area contributed by atoms with E-state index in [1.54, 1.807) is 19.6 Å². The van der Waals surface area contributed by atoms with Crippen molar-refractivity contribution in [1.29, 1.82) is 0 Å². The van der Waals surface area contributed by atoms with Gasteiger partial charge in [0.25, 0.3) is 0 Å². The van der Waals surface area contributed by atoms with Gasteiger partial charge >= 0.3 is 0 Å². The van der Waals surface area contributed by atoms with Crippen LogP contribution in [0.15, 0.2) is 35.6 Å². The van der Waals surface area contributed by atoms with Crippen molar-refractivity contribution in [2.45, 2.75) is 6.92 Å². The average molecular weight is 189 g/mol. The highest BCUT2D eigenvalue weighted by molar-refractivity contribution is 5.58. The van der Waals surface area contributed by atoms with Crippen LogP contribution in [0.2, 0.25) is 0 Å². The van der Waals surface area contributed by atoms with Gasteiger partial charge in [-0.2, -0.15) is 0 Å². The predicted molar refractivity (Wildman–Crippen MR) is 60.1 cm³/mol. The molecule has 1 aromatic heterocycles. The summed E-state index contributed by atoms with van der Waals surface area (Å²) in [4.78, 5) is 10.1. The van der Waals surface area contributed by atoms with Crippen molar-refractivity contribution >= 4 is 12.4 Å². The molecule has 0 amide bonds. The molecule has 74 valence electrons. The summed E-state index contributed by atoms with van der Waals surface area (Å²) in [6.45, 7) is 2.98. The molecule has 1 rings (SSSR count). The molecule has 0 aliphatic carbocycles. The lowest BCUT2D eigenvalue weighted by molar-refractivity contribution is 0.609. The number of hydrogen-bond acceptors (Lipinski definition) is 2. The van der Waals surface area contributed by atoms with Gasteiger partial charge in [-0.25, -0.2) is 0 Å². The molecule has 3 nitrogen and oxygen atoms in total. The number of rotatable bonds is 4. The van der Waals surface area contributed by atoms with Crippen LogP contribution in [0.4, 0.5) is 0 Å². The van der Waals surface area contributed by atoms with Crippen molar-refractivity contribution in [1.82, 2.24) is 9.88 Å². The van der Waals surface area contributed by atoms with Crippen LogP contribution in [0.5, 0.6) is 0 Å². The first-order valence-electron chi connectivity index (χ1n) is 4.64. The Morgan fingerprint density at radius 1 is 1.50 bits per heavy atom. The van der Waals surface area contributed by atoms with Crippen molar-refractivity contribution in [3.8, 4) is 0 Å². The van der Waals surface area contributed by atoms with Crippen LogP contribution >= 0.6 is 0 Å². The van der Waals surface area contributed by atoms with Crippen molar-refractivity contribution in [3.05, 3.63) is 36.3 Å². The zero-order valence-corrected chi connectivity index (χ0v) is 8.59. The lowest BCUT2D eigenvalue weighted by atomic mass is 10.3. The molecule has 0 unspecified atom stereocenters. The normalized spacial score (nSPS) is 11.3. The zero-order valence-electron chi connectivity index (χ0n) is 8.59. The second-order valence-corrected chi connectivity index (χ2v) is 2.77. The highest BCUT2D eigenvalue weighted by atomic mass is 15.1. The van der Waals surface area contributed by atoms with E-state index in [1.165, 1.54) is 0 Å². The summed E-state index contributed by atoms with van der Waals surface area (Å²) in [5.74, 6) is 0. The van der Waals surface area contributed by atoms with Gasteiger partial charge in [0.05, 0.1) is 12.0 Å². The molecule has 3 heteroatoms. The van der Waals surface area contributed by atoms with Crippen LogP contribution in [0, 0.1) is 0 Å². The standard InChI is InChI=1S/C11H15N3/c1-3-14(10-12-2)9-7-11-6-4-5-8-13-11/h4-10H,3H2,1-2H3. The number of nitrogens with zero attached hydrogens (tertiary/aromatic N) is 3. The van der Waals surface area contributed by atoms with E-state index in [2.05, 4.69) is 16.9 Å². The SMILES string of the molecule is CCN(C=Cc1ccccn1)C=NC. The summed E-state index contributed by atoms with van der Waals surface area (Å²) in [6.07, 6.45) is 7.50. The van der Waals surface area contributed by atoms with E-state index in [4.69, 9.17) is 0 Å². The van der Waals surface area contributed by atoms with Gasteiger partial charge in [-0.1, -0.05) is 6.07 Å². The monoisotopic (exact) mass is 189 g/mol. The highest BCUT2D eigenvalue weighted by Crippen LogP contribution is 1.97. The summed E-state index contributed by atoms with van der Waals surface area (Å²) in [6, 6.07) is 5.84. The average Bonchev–Trinajstić information content (AvgIpc) is 2.25. The second-order valence-electron chi connectivity index (χ2n) is 2.77. The Hall–Kier alpha value is -1.64. The third-order valence-corrected chi connectivity index (χ3v) is 1.75. The maximum atomic E-state index is 4.19. The Balaban J connectivity index is 2.62. The van der Waals surface area contributed by atoms with Crippen LogP contribution in [-0.4, -0.2) is 29.8 Å². The fraction of sp³-hybridized carbons (Fsp3) is 0.273. The maximum absolute atomic E-state index is 4.19. The van der Waals surface area contributed by atoms with Crippen molar-refractivity contribution in [3.63, 3.8) is 0 Å². The van der Waals surface area contributed by atoms with Crippen LogP contribution in [-0.2, 0) is 0 Å². The largest absolute Gasteiger partial charge is 0.340 e. The molecule has 0 radical (unpaired) electrons. The molecule has 0 aromatic carbocycles. The zero-order chi connectivity index (χ0) is 10.2. The molecular formula is C11H15N3. The Morgan fingerprint density at radius 3 is 2.93 bits per heavy atom. The number of aliphatic imine (C=N–C) groups is 1. The summed E-state index contributed by atoms with van der Waals surface area (Å²) < 4.78 is 0. The molecule has 1 aromatic rings. The fourth-order valence-electron chi connectivity index (χ4n) is 1.02. The van der Waals surface area contributed by atoms with Gasteiger partial charge in [0, 0.05) is 26.0 Å². The van der Waals surface area contributed by atoms with Gasteiger partial charge in [0.1, 0.15) is 0 Å². The molecule has 0 atom stereocenters. The van der Waals surface area contributed by atoms with Crippen LogP contribution in [0.3, 0.4) is 0 Å². The van der Waals surface area contributed by atoms with Crippen LogP contribution in [0.25, 0.3) is 6.08 Å². The highest BCUT2D eigenvalue weighted by Gasteiger charge is 1.89. The third-order valence-electron chi connectivity index (χ3n) is 1.75. The first-order chi connectivity index (χ1) is 6.86.